The van der Waals surface area contributed by atoms with E-state index in [9.17, 15) is 4.79 Å². The molecule has 0 aliphatic rings. The fourth-order valence-corrected chi connectivity index (χ4v) is 1.04. The van der Waals surface area contributed by atoms with E-state index in [0.717, 1.165) is 19.3 Å². The van der Waals surface area contributed by atoms with Gasteiger partial charge in [0.25, 0.3) is 0 Å². The minimum atomic E-state index is -0.336. The van der Waals surface area contributed by atoms with Crippen LogP contribution in [0.5, 0.6) is 0 Å². The molecule has 0 aliphatic carbocycles. The zero-order valence-electron chi connectivity index (χ0n) is 9.89. The Hall–Kier alpha value is -0.570. The first-order chi connectivity index (χ1) is 6.37. The van der Waals surface area contributed by atoms with Crippen LogP contribution >= 0.6 is 0 Å². The molecule has 0 rings (SSSR count). The van der Waals surface area contributed by atoms with E-state index in [0.29, 0.717) is 6.54 Å². The van der Waals surface area contributed by atoms with Gasteiger partial charge in [0, 0.05) is 6.54 Å². The van der Waals surface area contributed by atoms with Crippen LogP contribution in [0.4, 0.5) is 0 Å². The van der Waals surface area contributed by atoms with E-state index in [1.165, 1.54) is 0 Å². The maximum atomic E-state index is 11.5. The van der Waals surface area contributed by atoms with E-state index >= 15 is 0 Å². The van der Waals surface area contributed by atoms with Crippen molar-refractivity contribution in [1.29, 1.82) is 0 Å². The highest BCUT2D eigenvalue weighted by Crippen LogP contribution is 2.10. The van der Waals surface area contributed by atoms with Gasteiger partial charge in [-0.1, -0.05) is 40.5 Å². The monoisotopic (exact) mass is 200 g/mol. The quantitative estimate of drug-likeness (QED) is 0.709. The van der Waals surface area contributed by atoms with E-state index in [-0.39, 0.29) is 17.4 Å². The van der Waals surface area contributed by atoms with Gasteiger partial charge in [0.15, 0.2) is 0 Å². The summed E-state index contributed by atoms with van der Waals surface area (Å²) in [6.07, 6.45) is 2.89. The van der Waals surface area contributed by atoms with E-state index < -0.39 is 0 Å². The van der Waals surface area contributed by atoms with E-state index in [2.05, 4.69) is 33.0 Å². The maximum Gasteiger partial charge on any atom is 0.236 e. The molecule has 0 saturated heterocycles. The first-order valence-corrected chi connectivity index (χ1v) is 5.40. The molecule has 1 amide bonds. The van der Waals surface area contributed by atoms with Crippen molar-refractivity contribution in [2.75, 3.05) is 6.54 Å². The molecular weight excluding hydrogens is 176 g/mol. The molecule has 1 atom stereocenters. The summed E-state index contributed by atoms with van der Waals surface area (Å²) in [6, 6.07) is -0.336. The highest BCUT2D eigenvalue weighted by molar-refractivity contribution is 5.81. The van der Waals surface area contributed by atoms with Crippen molar-refractivity contribution in [3.63, 3.8) is 0 Å². The van der Waals surface area contributed by atoms with Gasteiger partial charge in [0.05, 0.1) is 6.04 Å². The van der Waals surface area contributed by atoms with Gasteiger partial charge in [-0.25, -0.2) is 0 Å². The molecule has 3 nitrogen and oxygen atoms in total. The van der Waals surface area contributed by atoms with Gasteiger partial charge in [0.1, 0.15) is 0 Å². The molecule has 1 unspecified atom stereocenters. The Kier molecular flexibility index (Phi) is 5.77. The van der Waals surface area contributed by atoms with Crippen molar-refractivity contribution < 1.29 is 4.79 Å². The summed E-state index contributed by atoms with van der Waals surface area (Å²) in [5, 5.41) is 2.87. The van der Waals surface area contributed by atoms with Crippen LogP contribution < -0.4 is 11.1 Å². The summed E-state index contributed by atoms with van der Waals surface area (Å²) >= 11 is 0. The van der Waals surface area contributed by atoms with Crippen molar-refractivity contribution in [3.05, 3.63) is 0 Å². The number of rotatable bonds is 5. The van der Waals surface area contributed by atoms with E-state index in [1.807, 2.05) is 0 Å². The normalized spacial score (nSPS) is 13.8. The van der Waals surface area contributed by atoms with Crippen LogP contribution in [0, 0.1) is 5.41 Å². The van der Waals surface area contributed by atoms with Crippen LogP contribution in [0.15, 0.2) is 0 Å². The Balaban J connectivity index is 3.73. The molecule has 0 aliphatic heterocycles. The second-order valence-corrected chi connectivity index (χ2v) is 5.03. The molecule has 14 heavy (non-hydrogen) atoms. The zero-order valence-corrected chi connectivity index (χ0v) is 9.89. The van der Waals surface area contributed by atoms with Crippen LogP contribution in [0.25, 0.3) is 0 Å². The van der Waals surface area contributed by atoms with Gasteiger partial charge in [-0.3, -0.25) is 4.79 Å². The SMILES string of the molecule is CCCCC(N)C(=O)NCC(C)(C)C. The highest BCUT2D eigenvalue weighted by Gasteiger charge is 2.16. The second kappa shape index (κ2) is 6.02. The Morgan fingerprint density at radius 3 is 2.43 bits per heavy atom. The van der Waals surface area contributed by atoms with Gasteiger partial charge < -0.3 is 11.1 Å². The van der Waals surface area contributed by atoms with Crippen molar-refractivity contribution >= 4 is 5.91 Å². The first-order valence-electron chi connectivity index (χ1n) is 5.40. The number of carbonyl (C=O) groups is 1. The summed E-state index contributed by atoms with van der Waals surface area (Å²) in [4.78, 5) is 11.5. The molecule has 3 heteroatoms. The summed E-state index contributed by atoms with van der Waals surface area (Å²) in [5.74, 6) is -0.0200. The molecule has 0 fully saturated rings. The van der Waals surface area contributed by atoms with Gasteiger partial charge >= 0.3 is 0 Å². The minimum absolute atomic E-state index is 0.0200. The molecule has 0 heterocycles. The topological polar surface area (TPSA) is 55.1 Å². The van der Waals surface area contributed by atoms with Gasteiger partial charge in [0.2, 0.25) is 5.91 Å². The molecule has 0 radical (unpaired) electrons. The Labute approximate surface area is 87.4 Å². The van der Waals surface area contributed by atoms with Crippen LogP contribution in [-0.2, 0) is 4.79 Å². The molecule has 84 valence electrons. The molecule has 0 spiro atoms. The molecule has 0 bridgehead atoms. The summed E-state index contributed by atoms with van der Waals surface area (Å²) in [7, 11) is 0. The number of carbonyl (C=O) groups excluding carboxylic acids is 1. The minimum Gasteiger partial charge on any atom is -0.354 e. The average Bonchev–Trinajstić information content (AvgIpc) is 2.09. The Morgan fingerprint density at radius 2 is 2.00 bits per heavy atom. The largest absolute Gasteiger partial charge is 0.354 e. The summed E-state index contributed by atoms with van der Waals surface area (Å²) in [5.41, 5.74) is 5.85. The Morgan fingerprint density at radius 1 is 1.43 bits per heavy atom. The first kappa shape index (κ1) is 13.4. The lowest BCUT2D eigenvalue weighted by molar-refractivity contribution is -0.122. The smallest absolute Gasteiger partial charge is 0.236 e. The van der Waals surface area contributed by atoms with Crippen LogP contribution in [0.1, 0.15) is 47.0 Å². The van der Waals surface area contributed by atoms with Gasteiger partial charge in [-0.05, 0) is 11.8 Å². The molecular formula is C11H24N2O. The van der Waals surface area contributed by atoms with Crippen LogP contribution in [-0.4, -0.2) is 18.5 Å². The fraction of sp³-hybridized carbons (Fsp3) is 0.909. The second-order valence-electron chi connectivity index (χ2n) is 5.03. The number of hydrogen-bond acceptors (Lipinski definition) is 2. The lowest BCUT2D eigenvalue weighted by Gasteiger charge is -2.20. The molecule has 0 aromatic rings. The van der Waals surface area contributed by atoms with Crippen LogP contribution in [0.3, 0.4) is 0 Å². The number of nitrogens with one attached hydrogen (secondary N) is 1. The number of hydrogen-bond donors (Lipinski definition) is 2. The predicted octanol–water partition coefficient (Wildman–Crippen LogP) is 1.67. The zero-order chi connectivity index (χ0) is 11.2. The van der Waals surface area contributed by atoms with Crippen molar-refractivity contribution in [2.24, 2.45) is 11.1 Å². The third-order valence-corrected chi connectivity index (χ3v) is 2.00. The van der Waals surface area contributed by atoms with Crippen molar-refractivity contribution in [1.82, 2.24) is 5.32 Å². The Bertz CT molecular complexity index is 173. The lowest BCUT2D eigenvalue weighted by Crippen LogP contribution is -2.43. The van der Waals surface area contributed by atoms with Crippen LogP contribution in [0.2, 0.25) is 0 Å². The molecule has 0 aromatic carbocycles. The highest BCUT2D eigenvalue weighted by atomic mass is 16.2. The average molecular weight is 200 g/mol. The molecule has 3 N–H and O–H groups in total. The number of unbranched alkanes of at least 4 members (excludes halogenated alkanes) is 1. The van der Waals surface area contributed by atoms with E-state index in [1.54, 1.807) is 0 Å². The fourth-order valence-electron chi connectivity index (χ4n) is 1.04. The predicted molar refractivity (Wildman–Crippen MR) is 60.0 cm³/mol. The van der Waals surface area contributed by atoms with Gasteiger partial charge in [-0.15, -0.1) is 0 Å². The standard InChI is InChI=1S/C11H24N2O/c1-5-6-7-9(12)10(14)13-8-11(2,3)4/h9H,5-8,12H2,1-4H3,(H,13,14). The summed E-state index contributed by atoms with van der Waals surface area (Å²) < 4.78 is 0. The number of nitrogens with two attached hydrogens (primary N) is 1. The van der Waals surface area contributed by atoms with Crippen molar-refractivity contribution in [3.8, 4) is 0 Å². The third kappa shape index (κ3) is 6.89. The third-order valence-electron chi connectivity index (χ3n) is 2.00. The summed E-state index contributed by atoms with van der Waals surface area (Å²) in [6.45, 7) is 9.05. The molecule has 0 aromatic heterocycles. The number of amides is 1. The van der Waals surface area contributed by atoms with Gasteiger partial charge in [-0.2, -0.15) is 0 Å². The maximum absolute atomic E-state index is 11.5. The molecule has 0 saturated carbocycles. The van der Waals surface area contributed by atoms with Crippen molar-refractivity contribution in [2.45, 2.75) is 53.0 Å². The van der Waals surface area contributed by atoms with E-state index in [4.69, 9.17) is 5.73 Å². The lowest BCUT2D eigenvalue weighted by atomic mass is 9.97.